The van der Waals surface area contributed by atoms with E-state index in [0.29, 0.717) is 0 Å². The maximum Gasteiger partial charge on any atom is 0.244 e. The normalized spacial score (nSPS) is 27.4. The molecule has 1 N–H and O–H groups in total. The Morgan fingerprint density at radius 3 is 3.00 bits per heavy atom. The first-order valence-corrected chi connectivity index (χ1v) is 9.39. The molecular weight excluding hydrogens is 340 g/mol. The van der Waals surface area contributed by atoms with Gasteiger partial charge in [-0.3, -0.25) is 4.79 Å². The van der Waals surface area contributed by atoms with Crippen molar-refractivity contribution in [3.8, 4) is 5.75 Å². The molecule has 1 aromatic heterocycles. The van der Waals surface area contributed by atoms with Crippen LogP contribution in [-0.2, 0) is 16.6 Å². The number of carbonyl (C=O) groups excluding carboxylic acids is 1. The van der Waals surface area contributed by atoms with Gasteiger partial charge in [0, 0.05) is 23.1 Å². The summed E-state index contributed by atoms with van der Waals surface area (Å²) in [5, 5.41) is 3.29. The number of carbonyl (C=O) groups is 1. The predicted octanol–water partition coefficient (Wildman–Crippen LogP) is 3.00. The van der Waals surface area contributed by atoms with Crippen LogP contribution in [0.5, 0.6) is 5.75 Å². The first-order chi connectivity index (χ1) is 13.0. The molecule has 0 unspecified atom stereocenters. The van der Waals surface area contributed by atoms with E-state index < -0.39 is 0 Å². The van der Waals surface area contributed by atoms with Gasteiger partial charge in [0.15, 0.2) is 0 Å². The molecule has 0 spiro atoms. The Labute approximate surface area is 160 Å². The summed E-state index contributed by atoms with van der Waals surface area (Å²) in [6, 6.07) is 8.53. The molecule has 2 heterocycles. The summed E-state index contributed by atoms with van der Waals surface area (Å²) in [7, 11) is 3.85. The van der Waals surface area contributed by atoms with Gasteiger partial charge in [-0.2, -0.15) is 0 Å². The van der Waals surface area contributed by atoms with Gasteiger partial charge in [-0.05, 0) is 61.8 Å². The van der Waals surface area contributed by atoms with E-state index in [0.717, 1.165) is 30.7 Å². The number of benzene rings is 1. The van der Waals surface area contributed by atoms with Gasteiger partial charge >= 0.3 is 0 Å². The highest BCUT2D eigenvalue weighted by atomic mass is 16.5. The average molecular weight is 366 g/mol. The van der Waals surface area contributed by atoms with E-state index in [2.05, 4.69) is 36.3 Å². The number of likely N-dealkylation sites (tertiary alicyclic amines) is 1. The van der Waals surface area contributed by atoms with Crippen LogP contribution < -0.4 is 10.1 Å². The van der Waals surface area contributed by atoms with E-state index in [9.17, 15) is 4.79 Å². The molecule has 2 aliphatic rings. The summed E-state index contributed by atoms with van der Waals surface area (Å²) >= 11 is 0. The van der Waals surface area contributed by atoms with Gasteiger partial charge in [-0.1, -0.05) is 13.0 Å². The smallest absolute Gasteiger partial charge is 0.244 e. The number of methoxy groups -OCH3 is 1. The zero-order valence-corrected chi connectivity index (χ0v) is 16.1. The zero-order valence-electron chi connectivity index (χ0n) is 16.1. The third kappa shape index (κ3) is 3.16. The van der Waals surface area contributed by atoms with Gasteiger partial charge in [-0.15, -0.1) is 0 Å². The topological polar surface area (TPSA) is 54.7 Å². The molecule has 0 radical (unpaired) electrons. The Morgan fingerprint density at radius 2 is 2.26 bits per heavy atom. The third-order valence-corrected chi connectivity index (χ3v) is 6.25. The van der Waals surface area contributed by atoms with Crippen LogP contribution in [0.25, 0.3) is 6.08 Å². The van der Waals surface area contributed by atoms with Crippen LogP contribution in [0, 0.1) is 0 Å². The molecule has 1 amide bonds. The van der Waals surface area contributed by atoms with Crippen molar-refractivity contribution < 1.29 is 13.9 Å². The third-order valence-electron chi connectivity index (χ3n) is 6.25. The molecule has 2 bridgehead atoms. The molecule has 1 aliphatic heterocycles. The van der Waals surface area contributed by atoms with Crippen LogP contribution in [0.3, 0.4) is 0 Å². The van der Waals surface area contributed by atoms with Crippen LogP contribution in [-0.4, -0.2) is 43.6 Å². The van der Waals surface area contributed by atoms with Crippen LogP contribution in [0.15, 0.2) is 47.3 Å². The fourth-order valence-corrected chi connectivity index (χ4v) is 4.60. The number of furan rings is 1. The number of ether oxygens (including phenoxy) is 1. The van der Waals surface area contributed by atoms with Crippen LogP contribution in [0.1, 0.15) is 30.0 Å². The molecule has 27 heavy (non-hydrogen) atoms. The molecule has 5 heteroatoms. The van der Waals surface area contributed by atoms with Crippen molar-refractivity contribution in [2.24, 2.45) is 0 Å². The van der Waals surface area contributed by atoms with Gasteiger partial charge in [0.25, 0.3) is 0 Å². The van der Waals surface area contributed by atoms with Crippen molar-refractivity contribution in [1.82, 2.24) is 10.2 Å². The maximum atomic E-state index is 12.6. The van der Waals surface area contributed by atoms with Gasteiger partial charge in [-0.25, -0.2) is 0 Å². The Kier molecular flexibility index (Phi) is 4.56. The SMILES string of the molecule is COc1ccc2c(c1)[C@@]1(C)CCN(C)[C@H](C2)[C@@H]1NC(=O)/C=C/c1ccoc1. The van der Waals surface area contributed by atoms with Crippen molar-refractivity contribution in [3.05, 3.63) is 59.6 Å². The van der Waals surface area contributed by atoms with E-state index in [1.54, 1.807) is 31.8 Å². The first-order valence-electron chi connectivity index (χ1n) is 9.39. The predicted molar refractivity (Wildman–Crippen MR) is 105 cm³/mol. The summed E-state index contributed by atoms with van der Waals surface area (Å²) in [4.78, 5) is 15.0. The second kappa shape index (κ2) is 6.89. The molecule has 1 saturated heterocycles. The van der Waals surface area contributed by atoms with Crippen molar-refractivity contribution in [2.45, 2.75) is 37.3 Å². The minimum Gasteiger partial charge on any atom is -0.497 e. The lowest BCUT2D eigenvalue weighted by Gasteiger charge is -2.54. The van der Waals surface area contributed by atoms with Crippen LogP contribution >= 0.6 is 0 Å². The molecule has 1 aliphatic carbocycles. The Morgan fingerprint density at radius 1 is 1.41 bits per heavy atom. The number of likely N-dealkylation sites (N-methyl/N-ethyl adjacent to an activating group) is 1. The summed E-state index contributed by atoms with van der Waals surface area (Å²) in [5.74, 6) is 0.802. The van der Waals surface area contributed by atoms with E-state index in [1.807, 2.05) is 12.1 Å². The Hall–Kier alpha value is -2.53. The van der Waals surface area contributed by atoms with E-state index in [-0.39, 0.29) is 23.4 Å². The highest BCUT2D eigenvalue weighted by Gasteiger charge is 2.50. The quantitative estimate of drug-likeness (QED) is 0.845. The van der Waals surface area contributed by atoms with E-state index in [1.165, 1.54) is 11.1 Å². The number of nitrogens with one attached hydrogen (secondary N) is 1. The fourth-order valence-electron chi connectivity index (χ4n) is 4.60. The summed E-state index contributed by atoms with van der Waals surface area (Å²) in [5.41, 5.74) is 3.43. The van der Waals surface area contributed by atoms with Gasteiger partial charge < -0.3 is 19.4 Å². The Balaban J connectivity index is 1.64. The minimum absolute atomic E-state index is 0.0531. The largest absolute Gasteiger partial charge is 0.497 e. The number of piperidine rings is 1. The molecule has 5 nitrogen and oxygen atoms in total. The number of rotatable bonds is 4. The molecule has 142 valence electrons. The molecule has 2 aromatic rings. The van der Waals surface area contributed by atoms with Gasteiger partial charge in [0.05, 0.1) is 25.7 Å². The van der Waals surface area contributed by atoms with Crippen molar-refractivity contribution >= 4 is 12.0 Å². The monoisotopic (exact) mass is 366 g/mol. The van der Waals surface area contributed by atoms with Gasteiger partial charge in [0.2, 0.25) is 5.91 Å². The van der Waals surface area contributed by atoms with Crippen molar-refractivity contribution in [2.75, 3.05) is 20.7 Å². The summed E-state index contributed by atoms with van der Waals surface area (Å²) in [6.07, 6.45) is 8.52. The second-order valence-corrected chi connectivity index (χ2v) is 7.82. The van der Waals surface area contributed by atoms with Crippen molar-refractivity contribution in [3.63, 3.8) is 0 Å². The standard InChI is InChI=1S/C22H26N2O3/c1-22-9-10-24(2)19(12-16-5-6-17(26-3)13-18(16)22)21(22)23-20(25)7-4-15-8-11-27-14-15/h4-8,11,13-14,19,21H,9-10,12H2,1-3H3,(H,23,25)/b7-4+/t19-,21+,22-/m1/s1. The highest BCUT2D eigenvalue weighted by molar-refractivity contribution is 5.92. The number of hydrogen-bond donors (Lipinski definition) is 1. The lowest BCUT2D eigenvalue weighted by atomic mass is 9.61. The fraction of sp³-hybridized carbons (Fsp3) is 0.409. The number of fused-ring (bicyclic) bond motifs is 4. The number of hydrogen-bond acceptors (Lipinski definition) is 4. The first kappa shape index (κ1) is 17.9. The number of amides is 1. The number of nitrogens with zero attached hydrogens (tertiary/aromatic N) is 1. The summed E-state index contributed by atoms with van der Waals surface area (Å²) < 4.78 is 10.5. The summed E-state index contributed by atoms with van der Waals surface area (Å²) in [6.45, 7) is 3.30. The molecule has 1 aromatic carbocycles. The molecule has 4 rings (SSSR count). The maximum absolute atomic E-state index is 12.6. The molecule has 0 saturated carbocycles. The van der Waals surface area contributed by atoms with E-state index in [4.69, 9.17) is 9.15 Å². The average Bonchev–Trinajstić information content (AvgIpc) is 3.19. The lowest BCUT2D eigenvalue weighted by molar-refractivity contribution is -0.118. The van der Waals surface area contributed by atoms with Crippen LogP contribution in [0.2, 0.25) is 0 Å². The molecule has 1 fully saturated rings. The zero-order chi connectivity index (χ0) is 19.0. The van der Waals surface area contributed by atoms with Crippen molar-refractivity contribution in [1.29, 1.82) is 0 Å². The highest BCUT2D eigenvalue weighted by Crippen LogP contribution is 2.45. The minimum atomic E-state index is -0.113. The van der Waals surface area contributed by atoms with Gasteiger partial charge in [0.1, 0.15) is 5.75 Å². The van der Waals surface area contributed by atoms with Crippen LogP contribution in [0.4, 0.5) is 0 Å². The van der Waals surface area contributed by atoms with E-state index >= 15 is 0 Å². The molecule has 3 atom stereocenters. The Bertz CT molecular complexity index is 858. The lowest BCUT2D eigenvalue weighted by Crippen LogP contribution is -2.66. The molecular formula is C22H26N2O3. The second-order valence-electron chi connectivity index (χ2n) is 7.82.